The Morgan fingerprint density at radius 3 is 2.83 bits per heavy atom. The van der Waals surface area contributed by atoms with Gasteiger partial charge >= 0.3 is 0 Å². The molecule has 1 saturated carbocycles. The second-order valence-corrected chi connectivity index (χ2v) is 3.05. The summed E-state index contributed by atoms with van der Waals surface area (Å²) in [5, 5.41) is 2.79. The van der Waals surface area contributed by atoms with Gasteiger partial charge in [-0.25, -0.2) is 0 Å². The van der Waals surface area contributed by atoms with Crippen LogP contribution in [0, 0.1) is 11.8 Å². The molecule has 2 atom stereocenters. The first kappa shape index (κ1) is 9.08. The molecule has 12 heavy (non-hydrogen) atoms. The minimum atomic E-state index is -0.208. The molecular formula is C9H14N2O. The van der Waals surface area contributed by atoms with Crippen molar-refractivity contribution in [3.05, 3.63) is 0 Å². The molecule has 0 bridgehead atoms. The Labute approximate surface area is 72.7 Å². The van der Waals surface area contributed by atoms with E-state index in [2.05, 4.69) is 17.2 Å². The minimum Gasteiger partial charge on any atom is -0.341 e. The molecular weight excluding hydrogens is 152 g/mol. The summed E-state index contributed by atoms with van der Waals surface area (Å²) in [6, 6.07) is 0.256. The van der Waals surface area contributed by atoms with Gasteiger partial charge in [0.25, 0.3) is 5.91 Å². The van der Waals surface area contributed by atoms with E-state index in [9.17, 15) is 4.79 Å². The number of carbonyl (C=O) groups excluding carboxylic acids is 1. The van der Waals surface area contributed by atoms with Crippen LogP contribution in [-0.2, 0) is 4.79 Å². The van der Waals surface area contributed by atoms with E-state index in [4.69, 9.17) is 5.73 Å². The third-order valence-corrected chi connectivity index (χ3v) is 2.12. The van der Waals surface area contributed by atoms with Gasteiger partial charge in [0, 0.05) is 12.1 Å². The average molecular weight is 166 g/mol. The van der Waals surface area contributed by atoms with E-state index in [1.165, 1.54) is 0 Å². The summed E-state index contributed by atoms with van der Waals surface area (Å²) in [5.74, 6) is 4.78. The highest BCUT2D eigenvalue weighted by atomic mass is 16.1. The zero-order valence-electron chi connectivity index (χ0n) is 7.26. The second-order valence-electron chi connectivity index (χ2n) is 3.05. The van der Waals surface area contributed by atoms with Gasteiger partial charge < -0.3 is 11.1 Å². The molecule has 3 N–H and O–H groups in total. The van der Waals surface area contributed by atoms with Crippen LogP contribution in [0.3, 0.4) is 0 Å². The molecule has 0 aromatic heterocycles. The van der Waals surface area contributed by atoms with Crippen LogP contribution in [0.4, 0.5) is 0 Å². The van der Waals surface area contributed by atoms with Gasteiger partial charge in [0.15, 0.2) is 0 Å². The van der Waals surface area contributed by atoms with Crippen molar-refractivity contribution in [3.8, 4) is 11.8 Å². The monoisotopic (exact) mass is 166 g/mol. The van der Waals surface area contributed by atoms with E-state index in [1.807, 2.05) is 0 Å². The van der Waals surface area contributed by atoms with Gasteiger partial charge in [-0.3, -0.25) is 4.79 Å². The number of amides is 1. The van der Waals surface area contributed by atoms with Crippen molar-refractivity contribution >= 4 is 5.91 Å². The summed E-state index contributed by atoms with van der Waals surface area (Å²) < 4.78 is 0. The maximum Gasteiger partial charge on any atom is 0.296 e. The largest absolute Gasteiger partial charge is 0.341 e. The SMILES string of the molecule is CC#CC(=O)NC1CCCC1N. The lowest BCUT2D eigenvalue weighted by molar-refractivity contribution is -0.116. The first-order valence-corrected chi connectivity index (χ1v) is 4.23. The molecule has 1 aliphatic carbocycles. The van der Waals surface area contributed by atoms with Crippen LogP contribution in [0.15, 0.2) is 0 Å². The topological polar surface area (TPSA) is 55.1 Å². The third kappa shape index (κ3) is 2.24. The molecule has 0 aromatic carbocycles. The number of nitrogens with two attached hydrogens (primary N) is 1. The molecule has 0 spiro atoms. The van der Waals surface area contributed by atoms with Crippen LogP contribution >= 0.6 is 0 Å². The second kappa shape index (κ2) is 4.13. The first-order valence-electron chi connectivity index (χ1n) is 4.23. The van der Waals surface area contributed by atoms with Gasteiger partial charge in [-0.1, -0.05) is 5.92 Å². The lowest BCUT2D eigenvalue weighted by Gasteiger charge is -2.14. The lowest BCUT2D eigenvalue weighted by atomic mass is 10.2. The van der Waals surface area contributed by atoms with Crippen molar-refractivity contribution in [2.24, 2.45) is 5.73 Å². The van der Waals surface area contributed by atoms with Crippen molar-refractivity contribution in [2.75, 3.05) is 0 Å². The normalized spacial score (nSPS) is 27.5. The van der Waals surface area contributed by atoms with E-state index in [-0.39, 0.29) is 18.0 Å². The highest BCUT2D eigenvalue weighted by molar-refractivity contribution is 5.93. The zero-order chi connectivity index (χ0) is 8.97. The summed E-state index contributed by atoms with van der Waals surface area (Å²) >= 11 is 0. The molecule has 0 saturated heterocycles. The Morgan fingerprint density at radius 2 is 2.33 bits per heavy atom. The predicted molar refractivity (Wildman–Crippen MR) is 47.2 cm³/mol. The molecule has 0 radical (unpaired) electrons. The van der Waals surface area contributed by atoms with Gasteiger partial charge in [-0.2, -0.15) is 0 Å². The predicted octanol–water partition coefficient (Wildman–Crippen LogP) is 0.00570. The van der Waals surface area contributed by atoms with Crippen LogP contribution in [0.2, 0.25) is 0 Å². The summed E-state index contributed by atoms with van der Waals surface area (Å²) in [7, 11) is 0. The van der Waals surface area contributed by atoms with Gasteiger partial charge in [-0.05, 0) is 32.1 Å². The molecule has 0 aliphatic heterocycles. The Hall–Kier alpha value is -1.01. The number of carbonyl (C=O) groups is 1. The fourth-order valence-electron chi connectivity index (χ4n) is 1.49. The Morgan fingerprint density at radius 1 is 1.58 bits per heavy atom. The Balaban J connectivity index is 2.38. The minimum absolute atomic E-state index is 0.118. The molecule has 3 heteroatoms. The lowest BCUT2D eigenvalue weighted by Crippen LogP contribution is -2.43. The van der Waals surface area contributed by atoms with Crippen LogP contribution in [-0.4, -0.2) is 18.0 Å². The number of hydrogen-bond donors (Lipinski definition) is 2. The molecule has 0 heterocycles. The highest BCUT2D eigenvalue weighted by Gasteiger charge is 2.24. The molecule has 1 aliphatic rings. The highest BCUT2D eigenvalue weighted by Crippen LogP contribution is 2.16. The quantitative estimate of drug-likeness (QED) is 0.539. The Bertz CT molecular complexity index is 226. The number of hydrogen-bond acceptors (Lipinski definition) is 2. The van der Waals surface area contributed by atoms with E-state index in [1.54, 1.807) is 6.92 Å². The summed E-state index contributed by atoms with van der Waals surface area (Å²) in [6.07, 6.45) is 3.09. The smallest absolute Gasteiger partial charge is 0.296 e. The van der Waals surface area contributed by atoms with Crippen molar-refractivity contribution in [1.82, 2.24) is 5.32 Å². The fraction of sp³-hybridized carbons (Fsp3) is 0.667. The number of rotatable bonds is 1. The molecule has 0 aromatic rings. The van der Waals surface area contributed by atoms with Gasteiger partial charge in [-0.15, -0.1) is 0 Å². The summed E-state index contributed by atoms with van der Waals surface area (Å²) in [6.45, 7) is 1.65. The Kier molecular flexibility index (Phi) is 3.12. The van der Waals surface area contributed by atoms with E-state index in [0.29, 0.717) is 0 Å². The molecule has 2 unspecified atom stereocenters. The number of nitrogens with one attached hydrogen (secondary N) is 1. The summed E-state index contributed by atoms with van der Waals surface area (Å²) in [5.41, 5.74) is 5.76. The average Bonchev–Trinajstić information content (AvgIpc) is 2.37. The first-order chi connectivity index (χ1) is 5.74. The van der Waals surface area contributed by atoms with Gasteiger partial charge in [0.2, 0.25) is 0 Å². The molecule has 1 amide bonds. The molecule has 3 nitrogen and oxygen atoms in total. The van der Waals surface area contributed by atoms with Crippen molar-refractivity contribution < 1.29 is 4.79 Å². The van der Waals surface area contributed by atoms with Crippen molar-refractivity contribution in [2.45, 2.75) is 38.3 Å². The fourth-order valence-corrected chi connectivity index (χ4v) is 1.49. The molecule has 66 valence electrons. The van der Waals surface area contributed by atoms with Crippen LogP contribution in [0.25, 0.3) is 0 Å². The van der Waals surface area contributed by atoms with Crippen LogP contribution < -0.4 is 11.1 Å². The van der Waals surface area contributed by atoms with E-state index in [0.717, 1.165) is 19.3 Å². The standard InChI is InChI=1S/C9H14N2O/c1-2-4-9(12)11-8-6-3-5-7(8)10/h7-8H,3,5-6,10H2,1H3,(H,11,12). The van der Waals surface area contributed by atoms with Gasteiger partial charge in [0.1, 0.15) is 0 Å². The molecule has 1 rings (SSSR count). The van der Waals surface area contributed by atoms with Crippen molar-refractivity contribution in [1.29, 1.82) is 0 Å². The zero-order valence-corrected chi connectivity index (χ0v) is 7.26. The van der Waals surface area contributed by atoms with Crippen LogP contribution in [0.5, 0.6) is 0 Å². The summed E-state index contributed by atoms with van der Waals surface area (Å²) in [4.78, 5) is 11.0. The maximum atomic E-state index is 11.0. The van der Waals surface area contributed by atoms with Crippen LogP contribution in [0.1, 0.15) is 26.2 Å². The van der Waals surface area contributed by atoms with E-state index < -0.39 is 0 Å². The third-order valence-electron chi connectivity index (χ3n) is 2.12. The maximum absolute atomic E-state index is 11.0. The van der Waals surface area contributed by atoms with Gasteiger partial charge in [0.05, 0.1) is 0 Å². The molecule has 1 fully saturated rings. The van der Waals surface area contributed by atoms with Crippen molar-refractivity contribution in [3.63, 3.8) is 0 Å². The van der Waals surface area contributed by atoms with E-state index >= 15 is 0 Å².